The molecule has 0 radical (unpaired) electrons. The van der Waals surface area contributed by atoms with Gasteiger partial charge >= 0.3 is 0 Å². The number of benzene rings is 13. The van der Waals surface area contributed by atoms with Crippen LogP contribution < -0.4 is 25.6 Å². The van der Waals surface area contributed by atoms with Gasteiger partial charge in [-0.15, -0.1) is 0 Å². The van der Waals surface area contributed by atoms with Crippen LogP contribution in [0.2, 0.25) is 0 Å². The maximum atomic E-state index is 2.49. The Bertz CT molecular complexity index is 4290. The monoisotopic (exact) mass is 970 g/mol. The van der Waals surface area contributed by atoms with Crippen LogP contribution in [0.1, 0.15) is 0 Å². The maximum absolute atomic E-state index is 2.76. The third-order valence-electron chi connectivity index (χ3n) is 15.5. The molecule has 0 atom stereocenters. The molecule has 14 rings (SSSR count). The Hall–Kier alpha value is -9.54. The molecule has 1 heterocycles. The molecule has 75 heavy (non-hydrogen) atoms. The molecule has 14 aromatic rings. The Morgan fingerprint density at radius 2 is 0.747 bits per heavy atom. The van der Waals surface area contributed by atoms with Gasteiger partial charge in [0, 0.05) is 33.2 Å². The van der Waals surface area contributed by atoms with E-state index in [1.807, 2.05) is 0 Å². The van der Waals surface area contributed by atoms with Crippen molar-refractivity contribution in [2.24, 2.45) is 0 Å². The molecule has 0 N–H and O–H groups in total. The minimum atomic E-state index is -2.76. The summed E-state index contributed by atoms with van der Waals surface area (Å²) < 4.78 is 2.49. The number of hydrogen-bond acceptors (Lipinski definition) is 1. The van der Waals surface area contributed by atoms with Gasteiger partial charge in [-0.2, -0.15) is 0 Å². The molecule has 0 saturated carbocycles. The topological polar surface area (TPSA) is 8.17 Å². The van der Waals surface area contributed by atoms with Crippen LogP contribution in [0.15, 0.2) is 303 Å². The number of fused-ring (bicyclic) bond motifs is 7. The molecule has 0 aliphatic carbocycles. The lowest BCUT2D eigenvalue weighted by molar-refractivity contribution is 1.20. The Balaban J connectivity index is 0.951. The SMILES string of the molecule is c1ccc([Si](c2ccccc2)(c2ccccc2)c2ccc(N(c3ccc(-c4cccc5ccccc45)cc3)c3cccc(-c4cccc5c4c4ccccc4n5-c4cc5ccccc5c5ccccc45)c3)cc2)cc1. The zero-order valence-corrected chi connectivity index (χ0v) is 42.3. The average molecular weight is 971 g/mol. The third kappa shape index (κ3) is 7.39. The molecular weight excluding hydrogens is 921 g/mol. The molecule has 0 saturated heterocycles. The summed E-state index contributed by atoms with van der Waals surface area (Å²) in [5.74, 6) is 0. The summed E-state index contributed by atoms with van der Waals surface area (Å²) >= 11 is 0. The second-order valence-electron chi connectivity index (χ2n) is 19.6. The Morgan fingerprint density at radius 3 is 1.43 bits per heavy atom. The lowest BCUT2D eigenvalue weighted by atomic mass is 9.97. The summed E-state index contributed by atoms with van der Waals surface area (Å²) in [6, 6.07) is 112. The van der Waals surface area contributed by atoms with Crippen molar-refractivity contribution in [3.05, 3.63) is 303 Å². The summed E-state index contributed by atoms with van der Waals surface area (Å²) in [7, 11) is -2.76. The molecule has 0 aliphatic heterocycles. The van der Waals surface area contributed by atoms with E-state index >= 15 is 0 Å². The smallest absolute Gasteiger partial charge is 0.179 e. The van der Waals surface area contributed by atoms with E-state index in [0.29, 0.717) is 0 Å². The Morgan fingerprint density at radius 1 is 0.267 bits per heavy atom. The predicted molar refractivity (Wildman–Crippen MR) is 322 cm³/mol. The molecule has 352 valence electrons. The highest BCUT2D eigenvalue weighted by Crippen LogP contribution is 2.44. The van der Waals surface area contributed by atoms with Crippen molar-refractivity contribution in [3.8, 4) is 27.9 Å². The number of nitrogens with zero attached hydrogens (tertiary/aromatic N) is 2. The first-order valence-electron chi connectivity index (χ1n) is 25.9. The second-order valence-corrected chi connectivity index (χ2v) is 23.4. The van der Waals surface area contributed by atoms with E-state index in [-0.39, 0.29) is 0 Å². The van der Waals surface area contributed by atoms with E-state index in [9.17, 15) is 0 Å². The fourth-order valence-corrected chi connectivity index (χ4v) is 16.9. The van der Waals surface area contributed by atoms with Gasteiger partial charge in [-0.3, -0.25) is 0 Å². The first-order valence-corrected chi connectivity index (χ1v) is 27.9. The molecule has 13 aromatic carbocycles. The van der Waals surface area contributed by atoms with Crippen molar-refractivity contribution >= 4 is 100 Å². The third-order valence-corrected chi connectivity index (χ3v) is 20.3. The van der Waals surface area contributed by atoms with Crippen LogP contribution in [0.3, 0.4) is 0 Å². The lowest BCUT2D eigenvalue weighted by Crippen LogP contribution is -2.74. The molecule has 0 spiro atoms. The summed E-state index contributed by atoms with van der Waals surface area (Å²) in [4.78, 5) is 2.43. The van der Waals surface area contributed by atoms with Crippen molar-refractivity contribution in [1.29, 1.82) is 0 Å². The number of hydrogen-bond donors (Lipinski definition) is 0. The summed E-state index contributed by atoms with van der Waals surface area (Å²) in [5, 5.41) is 15.3. The van der Waals surface area contributed by atoms with E-state index in [1.165, 1.54) is 97.2 Å². The number of rotatable bonds is 10. The van der Waals surface area contributed by atoms with Crippen molar-refractivity contribution in [2.75, 3.05) is 4.90 Å². The Kier molecular flexibility index (Phi) is 10.9. The molecule has 0 bridgehead atoms. The van der Waals surface area contributed by atoms with E-state index < -0.39 is 8.07 Å². The summed E-state index contributed by atoms with van der Waals surface area (Å²) in [6.45, 7) is 0. The van der Waals surface area contributed by atoms with Crippen LogP contribution in [0.4, 0.5) is 17.1 Å². The molecule has 0 amide bonds. The number of anilines is 3. The van der Waals surface area contributed by atoms with Gasteiger partial charge < -0.3 is 9.47 Å². The number of aromatic nitrogens is 1. The zero-order chi connectivity index (χ0) is 49.7. The van der Waals surface area contributed by atoms with Gasteiger partial charge in [0.15, 0.2) is 8.07 Å². The summed E-state index contributed by atoms with van der Waals surface area (Å²) in [5.41, 5.74) is 11.6. The van der Waals surface area contributed by atoms with Crippen LogP contribution in [-0.2, 0) is 0 Å². The lowest BCUT2D eigenvalue weighted by Gasteiger charge is -2.35. The van der Waals surface area contributed by atoms with Gasteiger partial charge in [0.2, 0.25) is 0 Å². The second kappa shape index (κ2) is 18.5. The highest BCUT2D eigenvalue weighted by molar-refractivity contribution is 7.19. The van der Waals surface area contributed by atoms with Crippen LogP contribution in [0.25, 0.3) is 82.1 Å². The van der Waals surface area contributed by atoms with Crippen molar-refractivity contribution in [3.63, 3.8) is 0 Å². The molecule has 0 fully saturated rings. The van der Waals surface area contributed by atoms with Crippen molar-refractivity contribution in [2.45, 2.75) is 0 Å². The van der Waals surface area contributed by atoms with E-state index in [0.717, 1.165) is 22.6 Å². The Labute approximate surface area is 438 Å². The van der Waals surface area contributed by atoms with Crippen LogP contribution in [-0.4, -0.2) is 12.6 Å². The van der Waals surface area contributed by atoms with Gasteiger partial charge in [-0.05, 0) is 125 Å². The minimum Gasteiger partial charge on any atom is -0.310 e. The first-order chi connectivity index (χ1) is 37.2. The fourth-order valence-electron chi connectivity index (χ4n) is 12.2. The first kappa shape index (κ1) is 44.2. The molecule has 1 aromatic heterocycles. The van der Waals surface area contributed by atoms with E-state index in [1.54, 1.807) is 0 Å². The maximum Gasteiger partial charge on any atom is 0.179 e. The minimum absolute atomic E-state index is 1.08. The highest BCUT2D eigenvalue weighted by atomic mass is 28.3. The fraction of sp³-hybridized carbons (Fsp3) is 0. The largest absolute Gasteiger partial charge is 0.310 e. The highest BCUT2D eigenvalue weighted by Gasteiger charge is 2.41. The van der Waals surface area contributed by atoms with Crippen molar-refractivity contribution < 1.29 is 0 Å². The van der Waals surface area contributed by atoms with E-state index in [2.05, 4.69) is 313 Å². The zero-order valence-electron chi connectivity index (χ0n) is 41.3. The quantitative estimate of drug-likeness (QED) is 0.0753. The number of para-hydroxylation sites is 1. The van der Waals surface area contributed by atoms with Gasteiger partial charge in [0.05, 0.1) is 16.7 Å². The van der Waals surface area contributed by atoms with E-state index in [4.69, 9.17) is 0 Å². The van der Waals surface area contributed by atoms with Crippen molar-refractivity contribution in [1.82, 2.24) is 4.57 Å². The molecule has 0 unspecified atom stereocenters. The van der Waals surface area contributed by atoms with Gasteiger partial charge in [-0.1, -0.05) is 249 Å². The van der Waals surface area contributed by atoms with Gasteiger partial charge in [0.25, 0.3) is 0 Å². The molecule has 2 nitrogen and oxygen atoms in total. The average Bonchev–Trinajstić information content (AvgIpc) is 3.84. The van der Waals surface area contributed by atoms with Crippen LogP contribution in [0, 0.1) is 0 Å². The predicted octanol–water partition coefficient (Wildman–Crippen LogP) is 16.4. The van der Waals surface area contributed by atoms with Gasteiger partial charge in [-0.25, -0.2) is 0 Å². The van der Waals surface area contributed by atoms with Gasteiger partial charge in [0.1, 0.15) is 0 Å². The normalized spacial score (nSPS) is 11.7. The van der Waals surface area contributed by atoms with Crippen LogP contribution >= 0.6 is 0 Å². The standard InChI is InChI=1S/C72H50N2Si/c1-4-26-58(27-5-1)75(59-28-6-2-7-29-59,60-30-8-3-9-31-60)61-47-45-56(46-48-61)73(55-43-41-52(42-44-55)63-37-19-23-51-21-10-12-32-62(51)63)57-25-18-24-53(49-57)65-38-20-40-70-72(65)68-36-16-17-39-69(68)74(70)71-50-54-22-11-13-33-64(54)66-34-14-15-35-67(66)71/h1-50H. The molecule has 3 heteroatoms. The molecule has 0 aliphatic rings. The molecular formula is C72H50N2Si. The summed E-state index contributed by atoms with van der Waals surface area (Å²) in [6.07, 6.45) is 0. The van der Waals surface area contributed by atoms with Crippen LogP contribution in [0.5, 0.6) is 0 Å².